The van der Waals surface area contributed by atoms with Crippen LogP contribution in [0, 0.1) is 11.3 Å². The highest BCUT2D eigenvalue weighted by Gasteiger charge is 2.65. The molecule has 0 aromatic rings. The number of alkyl halides is 3. The van der Waals surface area contributed by atoms with Crippen LogP contribution < -0.4 is 10.6 Å². The third kappa shape index (κ3) is 3.30. The molecule has 4 aliphatic rings. The molecule has 0 bridgehead atoms. The molecule has 4 rings (SSSR count). The minimum atomic E-state index is -4.13. The van der Waals surface area contributed by atoms with Crippen LogP contribution in [0.25, 0.3) is 0 Å². The molecule has 2 saturated carbocycles. The van der Waals surface area contributed by atoms with E-state index in [1.54, 1.807) is 7.05 Å². The van der Waals surface area contributed by atoms with E-state index in [2.05, 4.69) is 15.6 Å². The van der Waals surface area contributed by atoms with E-state index >= 15 is 0 Å². The molecule has 2 heterocycles. The van der Waals surface area contributed by atoms with Crippen molar-refractivity contribution in [3.8, 4) is 0 Å². The summed E-state index contributed by atoms with van der Waals surface area (Å²) in [6.07, 6.45) is 2.96. The van der Waals surface area contributed by atoms with Crippen LogP contribution in [-0.4, -0.2) is 68.5 Å². The molecule has 4 unspecified atom stereocenters. The van der Waals surface area contributed by atoms with Gasteiger partial charge in [0.2, 0.25) is 0 Å². The van der Waals surface area contributed by atoms with Crippen molar-refractivity contribution in [3.63, 3.8) is 0 Å². The lowest BCUT2D eigenvalue weighted by molar-refractivity contribution is -0.143. The molecule has 2 saturated heterocycles. The molecular weight excluding hydrogens is 345 g/mol. The first-order chi connectivity index (χ1) is 12.4. The Kier molecular flexibility index (Phi) is 4.84. The van der Waals surface area contributed by atoms with Crippen LogP contribution in [0.5, 0.6) is 0 Å². The van der Waals surface area contributed by atoms with Crippen molar-refractivity contribution in [1.82, 2.24) is 15.5 Å². The van der Waals surface area contributed by atoms with Gasteiger partial charge in [-0.2, -0.15) is 13.2 Å². The lowest BCUT2D eigenvalue weighted by atomic mass is 9.54. The highest BCUT2D eigenvalue weighted by atomic mass is 19.4. The number of nitrogens with one attached hydrogen (secondary N) is 2. The molecule has 148 valence electrons. The Hall–Kier alpha value is -1.02. The third-order valence-electron chi connectivity index (χ3n) is 6.82. The number of guanidine groups is 1. The molecule has 26 heavy (non-hydrogen) atoms. The minimum absolute atomic E-state index is 0.0128. The first-order valence-corrected chi connectivity index (χ1v) is 9.82. The van der Waals surface area contributed by atoms with Crippen molar-refractivity contribution in [2.45, 2.75) is 62.9 Å². The van der Waals surface area contributed by atoms with Crippen LogP contribution in [0.3, 0.4) is 0 Å². The predicted molar refractivity (Wildman–Crippen MR) is 93.1 cm³/mol. The van der Waals surface area contributed by atoms with Crippen LogP contribution in [0.1, 0.15) is 38.5 Å². The van der Waals surface area contributed by atoms with Crippen LogP contribution in [-0.2, 0) is 4.74 Å². The molecule has 4 atom stereocenters. The van der Waals surface area contributed by atoms with Gasteiger partial charge in [0.25, 0.3) is 0 Å². The van der Waals surface area contributed by atoms with Gasteiger partial charge in [-0.3, -0.25) is 9.89 Å². The molecule has 0 aromatic heterocycles. The Labute approximate surface area is 152 Å². The summed E-state index contributed by atoms with van der Waals surface area (Å²) in [5.41, 5.74) is 0.233. The second-order valence-electron chi connectivity index (χ2n) is 8.36. The highest BCUT2D eigenvalue weighted by Crippen LogP contribution is 2.60. The monoisotopic (exact) mass is 374 g/mol. The molecule has 0 aromatic carbocycles. The zero-order valence-corrected chi connectivity index (χ0v) is 15.3. The number of rotatable bonds is 3. The molecule has 4 fully saturated rings. The van der Waals surface area contributed by atoms with Crippen molar-refractivity contribution in [1.29, 1.82) is 0 Å². The molecule has 2 aliphatic heterocycles. The summed E-state index contributed by atoms with van der Waals surface area (Å²) in [7, 11) is 1.74. The summed E-state index contributed by atoms with van der Waals surface area (Å²) in [5, 5.41) is 6.97. The zero-order chi connectivity index (χ0) is 18.4. The first kappa shape index (κ1) is 18.3. The van der Waals surface area contributed by atoms with Crippen LogP contribution in [0.4, 0.5) is 13.2 Å². The van der Waals surface area contributed by atoms with E-state index < -0.39 is 12.7 Å². The fourth-order valence-corrected chi connectivity index (χ4v) is 5.76. The van der Waals surface area contributed by atoms with E-state index in [4.69, 9.17) is 4.74 Å². The largest absolute Gasteiger partial charge is 0.401 e. The average molecular weight is 374 g/mol. The van der Waals surface area contributed by atoms with E-state index in [1.165, 1.54) is 30.6 Å². The maximum absolute atomic E-state index is 12.6. The maximum atomic E-state index is 12.6. The van der Waals surface area contributed by atoms with Crippen molar-refractivity contribution in [2.75, 3.05) is 33.3 Å². The number of hydrogen-bond acceptors (Lipinski definition) is 3. The van der Waals surface area contributed by atoms with Gasteiger partial charge in [0.1, 0.15) is 0 Å². The van der Waals surface area contributed by atoms with Crippen molar-refractivity contribution in [2.24, 2.45) is 16.3 Å². The van der Waals surface area contributed by atoms with Crippen LogP contribution in [0.2, 0.25) is 0 Å². The first-order valence-electron chi connectivity index (χ1n) is 9.82. The van der Waals surface area contributed by atoms with Crippen molar-refractivity contribution < 1.29 is 17.9 Å². The molecule has 5 nitrogen and oxygen atoms in total. The lowest BCUT2D eigenvalue weighted by Crippen LogP contribution is -2.69. The molecular formula is C18H29F3N4O. The third-order valence-corrected chi connectivity index (χ3v) is 6.82. The number of fused-ring (bicyclic) bond motifs is 2. The smallest absolute Gasteiger partial charge is 0.377 e. The topological polar surface area (TPSA) is 48.9 Å². The van der Waals surface area contributed by atoms with Gasteiger partial charge in [0, 0.05) is 50.2 Å². The zero-order valence-electron chi connectivity index (χ0n) is 15.3. The van der Waals surface area contributed by atoms with E-state index in [0.29, 0.717) is 37.6 Å². The highest BCUT2D eigenvalue weighted by molar-refractivity contribution is 5.80. The fraction of sp³-hybridized carbons (Fsp3) is 0.944. The number of ether oxygens (including phenoxy) is 1. The second kappa shape index (κ2) is 6.86. The van der Waals surface area contributed by atoms with Gasteiger partial charge in [-0.25, -0.2) is 0 Å². The number of nitrogens with zero attached hydrogens (tertiary/aromatic N) is 2. The Morgan fingerprint density at radius 3 is 2.69 bits per heavy atom. The Balaban J connectivity index is 1.34. The molecule has 8 heteroatoms. The molecule has 2 aliphatic carbocycles. The summed E-state index contributed by atoms with van der Waals surface area (Å²) in [6.45, 7) is 0.894. The number of halogens is 3. The van der Waals surface area contributed by atoms with Gasteiger partial charge in [-0.05, 0) is 25.7 Å². The second-order valence-corrected chi connectivity index (χ2v) is 8.36. The predicted octanol–water partition coefficient (Wildman–Crippen LogP) is 2.14. The SMILES string of the molecule is CN=C(NC1CCN(CC(F)(F)F)C1)NC1C2CCOC2C12CCCC2. The van der Waals surface area contributed by atoms with Gasteiger partial charge < -0.3 is 15.4 Å². The van der Waals surface area contributed by atoms with Gasteiger partial charge in [-0.1, -0.05) is 12.8 Å². The molecule has 2 N–H and O–H groups in total. The summed E-state index contributed by atoms with van der Waals surface area (Å²) in [5.74, 6) is 1.27. The van der Waals surface area contributed by atoms with Crippen LogP contribution >= 0.6 is 0 Å². The fourth-order valence-electron chi connectivity index (χ4n) is 5.76. The van der Waals surface area contributed by atoms with Gasteiger partial charge >= 0.3 is 6.18 Å². The van der Waals surface area contributed by atoms with E-state index in [0.717, 1.165) is 19.0 Å². The lowest BCUT2D eigenvalue weighted by Gasteiger charge is -2.57. The Bertz CT molecular complexity index is 547. The number of hydrogen-bond donors (Lipinski definition) is 2. The molecule has 0 amide bonds. The normalized spacial score (nSPS) is 37.0. The van der Waals surface area contributed by atoms with Gasteiger partial charge in [0.05, 0.1) is 12.6 Å². The summed E-state index contributed by atoms with van der Waals surface area (Å²) in [6, 6.07) is 0.384. The maximum Gasteiger partial charge on any atom is 0.401 e. The Morgan fingerprint density at radius 2 is 2.00 bits per heavy atom. The molecule has 1 spiro atoms. The summed E-state index contributed by atoms with van der Waals surface area (Å²) < 4.78 is 43.7. The average Bonchev–Trinajstić information content (AvgIpc) is 3.29. The van der Waals surface area contributed by atoms with Gasteiger partial charge in [-0.15, -0.1) is 0 Å². The van der Waals surface area contributed by atoms with E-state index in [1.807, 2.05) is 0 Å². The Morgan fingerprint density at radius 1 is 1.23 bits per heavy atom. The minimum Gasteiger partial charge on any atom is -0.377 e. The van der Waals surface area contributed by atoms with Crippen molar-refractivity contribution in [3.05, 3.63) is 0 Å². The number of likely N-dealkylation sites (tertiary alicyclic amines) is 1. The van der Waals surface area contributed by atoms with E-state index in [9.17, 15) is 13.2 Å². The van der Waals surface area contributed by atoms with E-state index in [-0.39, 0.29) is 11.5 Å². The number of aliphatic imine (C=N–C) groups is 1. The van der Waals surface area contributed by atoms with Crippen LogP contribution in [0.15, 0.2) is 4.99 Å². The standard InChI is InChI=1S/C18H29F3N4O/c1-22-16(23-12-4-8-25(10-12)11-18(19,20)21)24-14-13-5-9-26-15(13)17(14)6-2-3-7-17/h12-15H,2-11H2,1H3,(H2,22,23,24). The van der Waals surface area contributed by atoms with Crippen molar-refractivity contribution >= 4 is 5.96 Å². The van der Waals surface area contributed by atoms with Gasteiger partial charge in [0.15, 0.2) is 5.96 Å². The quantitative estimate of drug-likeness (QED) is 0.587. The summed E-state index contributed by atoms with van der Waals surface area (Å²) >= 11 is 0. The molecule has 0 radical (unpaired) electrons. The summed E-state index contributed by atoms with van der Waals surface area (Å²) in [4.78, 5) is 5.82.